The van der Waals surface area contributed by atoms with Gasteiger partial charge in [-0.15, -0.1) is 0 Å². The number of carbonyl (C=O) groups excluding carboxylic acids is 1. The average molecular weight is 370 g/mol. The summed E-state index contributed by atoms with van der Waals surface area (Å²) in [6.07, 6.45) is 5.54. The van der Waals surface area contributed by atoms with E-state index in [0.717, 1.165) is 36.0 Å². The predicted molar refractivity (Wildman–Crippen MR) is 107 cm³/mol. The molecule has 1 aliphatic carbocycles. The molecule has 5 nitrogen and oxygen atoms in total. The molecular formula is C22H30N2O3. The van der Waals surface area contributed by atoms with Crippen LogP contribution in [0.1, 0.15) is 69.1 Å². The van der Waals surface area contributed by atoms with Crippen molar-refractivity contribution < 1.29 is 14.4 Å². The Morgan fingerprint density at radius 2 is 2.07 bits per heavy atom. The molecule has 0 spiro atoms. The van der Waals surface area contributed by atoms with Crippen molar-refractivity contribution in [3.8, 4) is 11.8 Å². The minimum Gasteiger partial charge on any atom is -0.380 e. The summed E-state index contributed by atoms with van der Waals surface area (Å²) in [7, 11) is 0. The Hall–Kier alpha value is -2.32. The molecule has 1 atom stereocenters. The molecule has 0 radical (unpaired) electrons. The van der Waals surface area contributed by atoms with Gasteiger partial charge in [-0.3, -0.25) is 0 Å². The Bertz CT molecular complexity index is 721. The van der Waals surface area contributed by atoms with Gasteiger partial charge in [0.1, 0.15) is 0 Å². The van der Waals surface area contributed by atoms with Gasteiger partial charge >= 0.3 is 5.97 Å². The van der Waals surface area contributed by atoms with E-state index in [9.17, 15) is 4.79 Å². The van der Waals surface area contributed by atoms with Crippen LogP contribution in [0.3, 0.4) is 0 Å². The molecule has 2 N–H and O–H groups in total. The number of aryl methyl sites for hydroxylation is 1. The maximum Gasteiger partial charge on any atom is 0.337 e. The van der Waals surface area contributed by atoms with Crippen LogP contribution in [-0.2, 0) is 14.4 Å². The SMILES string of the molecule is CC.Cc1ccc(C#CC2CC2)cc1/C(N)=N/OC(=O)CC1CCCCO1. The number of amidine groups is 1. The molecule has 0 amide bonds. The largest absolute Gasteiger partial charge is 0.380 e. The summed E-state index contributed by atoms with van der Waals surface area (Å²) in [4.78, 5) is 16.9. The molecule has 27 heavy (non-hydrogen) atoms. The molecular weight excluding hydrogens is 340 g/mol. The molecule has 146 valence electrons. The van der Waals surface area contributed by atoms with Crippen molar-refractivity contribution in [1.82, 2.24) is 0 Å². The summed E-state index contributed by atoms with van der Waals surface area (Å²) in [5.41, 5.74) is 8.61. The number of hydrogen-bond acceptors (Lipinski definition) is 4. The molecule has 3 rings (SSSR count). The quantitative estimate of drug-likeness (QED) is 0.287. The van der Waals surface area contributed by atoms with Crippen LogP contribution >= 0.6 is 0 Å². The molecule has 1 saturated carbocycles. The van der Waals surface area contributed by atoms with Crippen LogP contribution in [0.2, 0.25) is 0 Å². The maximum absolute atomic E-state index is 11.9. The zero-order valence-corrected chi connectivity index (χ0v) is 16.6. The van der Waals surface area contributed by atoms with Crippen molar-refractivity contribution >= 4 is 11.8 Å². The summed E-state index contributed by atoms with van der Waals surface area (Å²) in [6, 6.07) is 5.81. The standard InChI is InChI=1S/C20H24N2O3.C2H6/c1-14-5-6-16(10-9-15-7-8-15)12-18(14)20(21)22-25-19(23)13-17-4-2-3-11-24-17;1-2/h5-6,12,15,17H,2-4,7-8,11,13H2,1H3,(H2,21,22);1-2H3. The molecule has 1 aromatic rings. The van der Waals surface area contributed by atoms with Crippen LogP contribution in [0.4, 0.5) is 0 Å². The van der Waals surface area contributed by atoms with E-state index in [4.69, 9.17) is 15.3 Å². The summed E-state index contributed by atoms with van der Waals surface area (Å²) in [5.74, 6) is 6.69. The summed E-state index contributed by atoms with van der Waals surface area (Å²) in [5, 5.41) is 3.81. The van der Waals surface area contributed by atoms with Gasteiger partial charge in [0.05, 0.1) is 12.5 Å². The van der Waals surface area contributed by atoms with Gasteiger partial charge < -0.3 is 15.3 Å². The summed E-state index contributed by atoms with van der Waals surface area (Å²) in [6.45, 7) is 6.64. The van der Waals surface area contributed by atoms with Gasteiger partial charge in [-0.25, -0.2) is 4.79 Å². The topological polar surface area (TPSA) is 73.9 Å². The Balaban J connectivity index is 0.00000126. The molecule has 2 fully saturated rings. The summed E-state index contributed by atoms with van der Waals surface area (Å²) >= 11 is 0. The molecule has 2 aliphatic rings. The molecule has 1 aromatic carbocycles. The third-order valence-corrected chi connectivity index (χ3v) is 4.43. The van der Waals surface area contributed by atoms with Gasteiger partial charge in [-0.2, -0.15) is 0 Å². The molecule has 1 unspecified atom stereocenters. The lowest BCUT2D eigenvalue weighted by Crippen LogP contribution is -2.23. The van der Waals surface area contributed by atoms with Gasteiger partial charge in [0.25, 0.3) is 0 Å². The zero-order chi connectivity index (χ0) is 19.6. The number of nitrogens with zero attached hydrogens (tertiary/aromatic N) is 1. The van der Waals surface area contributed by atoms with Gasteiger partial charge in [0, 0.05) is 23.7 Å². The van der Waals surface area contributed by atoms with Crippen molar-refractivity contribution in [2.45, 2.75) is 65.4 Å². The highest BCUT2D eigenvalue weighted by molar-refractivity contribution is 5.99. The van der Waals surface area contributed by atoms with Crippen molar-refractivity contribution in [3.63, 3.8) is 0 Å². The zero-order valence-electron chi connectivity index (χ0n) is 16.6. The summed E-state index contributed by atoms with van der Waals surface area (Å²) < 4.78 is 5.53. The number of carbonyl (C=O) groups is 1. The molecule has 5 heteroatoms. The van der Waals surface area contributed by atoms with Crippen LogP contribution < -0.4 is 5.73 Å². The lowest BCUT2D eigenvalue weighted by Gasteiger charge is -2.20. The first-order chi connectivity index (χ1) is 13.1. The van der Waals surface area contributed by atoms with E-state index in [-0.39, 0.29) is 18.4 Å². The second kappa shape index (κ2) is 10.7. The molecule has 0 bridgehead atoms. The fraction of sp³-hybridized carbons (Fsp3) is 0.545. The van der Waals surface area contributed by atoms with Crippen LogP contribution in [0.15, 0.2) is 23.4 Å². The monoisotopic (exact) mass is 370 g/mol. The highest BCUT2D eigenvalue weighted by Crippen LogP contribution is 2.27. The minimum absolute atomic E-state index is 0.0690. The van der Waals surface area contributed by atoms with E-state index < -0.39 is 5.97 Å². The molecule has 0 aromatic heterocycles. The number of benzene rings is 1. The van der Waals surface area contributed by atoms with Gasteiger partial charge in [-0.05, 0) is 56.7 Å². The Morgan fingerprint density at radius 1 is 1.30 bits per heavy atom. The molecule has 1 saturated heterocycles. The Labute approximate surface area is 162 Å². The molecule has 1 heterocycles. The maximum atomic E-state index is 11.9. The van der Waals surface area contributed by atoms with E-state index in [1.54, 1.807) is 0 Å². The van der Waals surface area contributed by atoms with Gasteiger partial charge in [0.15, 0.2) is 5.84 Å². The minimum atomic E-state index is -0.419. The van der Waals surface area contributed by atoms with Crippen LogP contribution in [-0.4, -0.2) is 24.5 Å². The first-order valence-electron chi connectivity index (χ1n) is 9.89. The fourth-order valence-electron chi connectivity index (χ4n) is 2.73. The van der Waals surface area contributed by atoms with Crippen molar-refractivity contribution in [3.05, 3.63) is 34.9 Å². The third kappa shape index (κ3) is 7.07. The lowest BCUT2D eigenvalue weighted by molar-refractivity contribution is -0.147. The Morgan fingerprint density at radius 3 is 2.74 bits per heavy atom. The third-order valence-electron chi connectivity index (χ3n) is 4.43. The molecule has 1 aliphatic heterocycles. The average Bonchev–Trinajstić information content (AvgIpc) is 3.52. The lowest BCUT2D eigenvalue weighted by atomic mass is 10.0. The second-order valence-corrected chi connectivity index (χ2v) is 6.71. The van der Waals surface area contributed by atoms with E-state index in [1.165, 1.54) is 12.8 Å². The number of oxime groups is 1. The van der Waals surface area contributed by atoms with Gasteiger partial charge in [0.2, 0.25) is 0 Å². The highest BCUT2D eigenvalue weighted by Gasteiger charge is 2.19. The van der Waals surface area contributed by atoms with Crippen LogP contribution in [0, 0.1) is 24.7 Å². The van der Waals surface area contributed by atoms with Crippen molar-refractivity contribution in [2.24, 2.45) is 16.8 Å². The smallest absolute Gasteiger partial charge is 0.337 e. The predicted octanol–water partition coefficient (Wildman–Crippen LogP) is 3.91. The van der Waals surface area contributed by atoms with E-state index in [2.05, 4.69) is 17.0 Å². The number of rotatable bonds is 4. The first kappa shape index (κ1) is 21.0. The number of nitrogens with two attached hydrogens (primary N) is 1. The highest BCUT2D eigenvalue weighted by atomic mass is 16.7. The normalized spacial score (nSPS) is 19.2. The number of hydrogen-bond donors (Lipinski definition) is 1. The van der Waals surface area contributed by atoms with Gasteiger partial charge in [-0.1, -0.05) is 36.9 Å². The van der Waals surface area contributed by atoms with E-state index >= 15 is 0 Å². The van der Waals surface area contributed by atoms with Crippen molar-refractivity contribution in [2.75, 3.05) is 6.61 Å². The second-order valence-electron chi connectivity index (χ2n) is 6.71. The first-order valence-corrected chi connectivity index (χ1v) is 9.89. The Kier molecular flexibility index (Phi) is 8.35. The van der Waals surface area contributed by atoms with Crippen LogP contribution in [0.25, 0.3) is 0 Å². The fourth-order valence-corrected chi connectivity index (χ4v) is 2.73. The van der Waals surface area contributed by atoms with E-state index in [1.807, 2.05) is 39.0 Å². The van der Waals surface area contributed by atoms with E-state index in [0.29, 0.717) is 12.5 Å². The van der Waals surface area contributed by atoms with Crippen LogP contribution in [0.5, 0.6) is 0 Å². The van der Waals surface area contributed by atoms with Crippen molar-refractivity contribution in [1.29, 1.82) is 0 Å². The number of ether oxygens (including phenoxy) is 1.